The van der Waals surface area contributed by atoms with E-state index in [-0.39, 0.29) is 11.3 Å². The Hall–Kier alpha value is -0.785. The van der Waals surface area contributed by atoms with Crippen LogP contribution in [0.3, 0.4) is 0 Å². The van der Waals surface area contributed by atoms with E-state index in [0.717, 1.165) is 5.56 Å². The largest absolute Gasteiger partial charge is 0.207 e. The van der Waals surface area contributed by atoms with E-state index in [1.165, 1.54) is 0 Å². The van der Waals surface area contributed by atoms with Gasteiger partial charge in [-0.1, -0.05) is 31.4 Å². The van der Waals surface area contributed by atoms with E-state index >= 15 is 0 Å². The first-order chi connectivity index (χ1) is 5.52. The van der Waals surface area contributed by atoms with E-state index in [4.69, 9.17) is 7.85 Å². The second-order valence-electron chi connectivity index (χ2n) is 3.40. The van der Waals surface area contributed by atoms with Crippen molar-refractivity contribution in [2.45, 2.75) is 26.7 Å². The Morgan fingerprint density at radius 3 is 2.33 bits per heavy atom. The number of hydrogen-bond donors (Lipinski definition) is 0. The molecule has 0 heterocycles. The van der Waals surface area contributed by atoms with Crippen LogP contribution >= 0.6 is 0 Å². The SMILES string of the molecule is [B]c1cc(C(C)C)cc(C)c1F. The maximum atomic E-state index is 13.0. The molecule has 2 heteroatoms. The standard InChI is InChI=1S/C10H12BF/c1-6(2)8-4-7(3)10(12)9(11)5-8/h4-6H,1-3H3. The molecule has 1 rings (SSSR count). The van der Waals surface area contributed by atoms with Crippen LogP contribution in [0.4, 0.5) is 4.39 Å². The third-order valence-electron chi connectivity index (χ3n) is 1.97. The van der Waals surface area contributed by atoms with E-state index in [2.05, 4.69) is 13.8 Å². The van der Waals surface area contributed by atoms with Gasteiger partial charge in [-0.3, -0.25) is 0 Å². The summed E-state index contributed by atoms with van der Waals surface area (Å²) in [5, 5.41) is 0. The normalized spacial score (nSPS) is 10.8. The van der Waals surface area contributed by atoms with E-state index < -0.39 is 0 Å². The minimum absolute atomic E-state index is 0.249. The molecular weight excluding hydrogens is 150 g/mol. The quantitative estimate of drug-likeness (QED) is 0.554. The second-order valence-corrected chi connectivity index (χ2v) is 3.40. The number of aryl methyl sites for hydroxylation is 1. The van der Waals surface area contributed by atoms with Crippen molar-refractivity contribution < 1.29 is 4.39 Å². The van der Waals surface area contributed by atoms with Gasteiger partial charge in [0.2, 0.25) is 0 Å². The molecule has 0 N–H and O–H groups in total. The fourth-order valence-electron chi connectivity index (χ4n) is 1.16. The van der Waals surface area contributed by atoms with E-state index in [9.17, 15) is 4.39 Å². The van der Waals surface area contributed by atoms with Crippen molar-refractivity contribution in [3.63, 3.8) is 0 Å². The fourth-order valence-corrected chi connectivity index (χ4v) is 1.16. The molecule has 0 bridgehead atoms. The maximum Gasteiger partial charge on any atom is 0.119 e. The Kier molecular flexibility index (Phi) is 2.56. The zero-order valence-corrected chi connectivity index (χ0v) is 7.69. The van der Waals surface area contributed by atoms with Gasteiger partial charge < -0.3 is 0 Å². The Labute approximate surface area is 74.2 Å². The molecule has 0 aliphatic heterocycles. The molecule has 62 valence electrons. The Bertz CT molecular complexity index is 269. The highest BCUT2D eigenvalue weighted by molar-refractivity contribution is 6.32. The first kappa shape index (κ1) is 9.30. The Balaban J connectivity index is 3.21. The lowest BCUT2D eigenvalue weighted by Gasteiger charge is -2.09. The molecule has 0 spiro atoms. The maximum absolute atomic E-state index is 13.0. The van der Waals surface area contributed by atoms with Crippen molar-refractivity contribution in [1.29, 1.82) is 0 Å². The van der Waals surface area contributed by atoms with Crippen molar-refractivity contribution >= 4 is 13.3 Å². The van der Waals surface area contributed by atoms with E-state index in [1.807, 2.05) is 6.07 Å². The van der Waals surface area contributed by atoms with Gasteiger partial charge in [0.05, 0.1) is 0 Å². The van der Waals surface area contributed by atoms with Crippen LogP contribution in [0.5, 0.6) is 0 Å². The predicted molar refractivity (Wildman–Crippen MR) is 50.6 cm³/mol. The highest BCUT2D eigenvalue weighted by Crippen LogP contribution is 2.15. The van der Waals surface area contributed by atoms with Gasteiger partial charge in [-0.15, -0.1) is 0 Å². The van der Waals surface area contributed by atoms with Crippen LogP contribution in [-0.4, -0.2) is 7.85 Å². The highest BCUT2D eigenvalue weighted by atomic mass is 19.1. The van der Waals surface area contributed by atoms with Gasteiger partial charge in [0.15, 0.2) is 0 Å². The summed E-state index contributed by atoms with van der Waals surface area (Å²) in [6, 6.07) is 3.54. The van der Waals surface area contributed by atoms with Crippen LogP contribution in [0, 0.1) is 12.7 Å². The zero-order valence-electron chi connectivity index (χ0n) is 7.69. The van der Waals surface area contributed by atoms with Crippen LogP contribution in [0.2, 0.25) is 0 Å². The van der Waals surface area contributed by atoms with Crippen LogP contribution in [0.25, 0.3) is 0 Å². The molecule has 0 saturated carbocycles. The van der Waals surface area contributed by atoms with Gasteiger partial charge in [-0.05, 0) is 24.0 Å². The first-order valence-corrected chi connectivity index (χ1v) is 4.08. The summed E-state index contributed by atoms with van der Waals surface area (Å²) in [4.78, 5) is 0. The molecule has 0 aliphatic carbocycles. The number of hydrogen-bond acceptors (Lipinski definition) is 0. The second kappa shape index (κ2) is 3.30. The zero-order chi connectivity index (χ0) is 9.30. The van der Waals surface area contributed by atoms with Crippen LogP contribution in [-0.2, 0) is 0 Å². The topological polar surface area (TPSA) is 0 Å². The van der Waals surface area contributed by atoms with Gasteiger partial charge >= 0.3 is 0 Å². The molecule has 12 heavy (non-hydrogen) atoms. The fraction of sp³-hybridized carbons (Fsp3) is 0.400. The summed E-state index contributed by atoms with van der Waals surface area (Å²) in [7, 11) is 5.48. The Morgan fingerprint density at radius 1 is 1.33 bits per heavy atom. The molecular formula is C10H12BF. The smallest absolute Gasteiger partial charge is 0.119 e. The molecule has 0 fully saturated rings. The van der Waals surface area contributed by atoms with Crippen molar-refractivity contribution in [3.05, 3.63) is 29.1 Å². The summed E-state index contributed by atoms with van der Waals surface area (Å²) in [5.41, 5.74) is 1.96. The monoisotopic (exact) mass is 162 g/mol. The summed E-state index contributed by atoms with van der Waals surface area (Å²) >= 11 is 0. The number of benzene rings is 1. The molecule has 0 saturated heterocycles. The summed E-state index contributed by atoms with van der Waals surface area (Å²) in [6.45, 7) is 5.86. The minimum Gasteiger partial charge on any atom is -0.207 e. The molecule has 2 radical (unpaired) electrons. The summed E-state index contributed by atoms with van der Waals surface area (Å²) in [5.74, 6) is 0.103. The molecule has 0 amide bonds. The van der Waals surface area contributed by atoms with Gasteiger partial charge in [-0.2, -0.15) is 0 Å². The number of halogens is 1. The van der Waals surface area contributed by atoms with Crippen molar-refractivity contribution in [2.75, 3.05) is 0 Å². The van der Waals surface area contributed by atoms with Crippen LogP contribution in [0.15, 0.2) is 12.1 Å². The van der Waals surface area contributed by atoms with E-state index in [1.54, 1.807) is 13.0 Å². The lowest BCUT2D eigenvalue weighted by atomic mass is 9.88. The third-order valence-corrected chi connectivity index (χ3v) is 1.97. The average molecular weight is 162 g/mol. The Morgan fingerprint density at radius 2 is 1.92 bits per heavy atom. The summed E-state index contributed by atoms with van der Waals surface area (Å²) < 4.78 is 13.0. The molecule has 0 atom stereocenters. The lowest BCUT2D eigenvalue weighted by Crippen LogP contribution is -2.12. The predicted octanol–water partition coefficient (Wildman–Crippen LogP) is 2.05. The van der Waals surface area contributed by atoms with Crippen molar-refractivity contribution in [2.24, 2.45) is 0 Å². The summed E-state index contributed by atoms with van der Waals surface area (Å²) in [6.07, 6.45) is 0. The average Bonchev–Trinajstić information content (AvgIpc) is 1.99. The van der Waals surface area contributed by atoms with Gasteiger partial charge in [-0.25, -0.2) is 4.39 Å². The number of rotatable bonds is 1. The van der Waals surface area contributed by atoms with E-state index in [0.29, 0.717) is 11.5 Å². The first-order valence-electron chi connectivity index (χ1n) is 4.08. The van der Waals surface area contributed by atoms with Gasteiger partial charge in [0.1, 0.15) is 13.7 Å². The van der Waals surface area contributed by atoms with Crippen molar-refractivity contribution in [3.8, 4) is 0 Å². The van der Waals surface area contributed by atoms with Crippen LogP contribution < -0.4 is 5.46 Å². The van der Waals surface area contributed by atoms with Gasteiger partial charge in [0.25, 0.3) is 0 Å². The molecule has 1 aromatic rings. The molecule has 0 nitrogen and oxygen atoms in total. The molecule has 0 unspecified atom stereocenters. The molecule has 1 aromatic carbocycles. The van der Waals surface area contributed by atoms with Crippen LogP contribution in [0.1, 0.15) is 30.9 Å². The molecule has 0 aromatic heterocycles. The van der Waals surface area contributed by atoms with Crippen molar-refractivity contribution in [1.82, 2.24) is 0 Å². The van der Waals surface area contributed by atoms with Gasteiger partial charge in [0, 0.05) is 0 Å². The molecule has 0 aliphatic rings. The lowest BCUT2D eigenvalue weighted by molar-refractivity contribution is 0.625. The third kappa shape index (κ3) is 1.68. The minimum atomic E-state index is -0.292. The highest BCUT2D eigenvalue weighted by Gasteiger charge is 2.05.